The standard InChI is InChI=1S/C21H19BrN4O7S2.Na/c1-2-34-10-12(16-14(27)8-15(22)24-20(16)34)18(28)25-17(11-6-4-3-5-7-11)19(29)23-13-9-26(21(13)30)35(31,32)33;/h3-8,10,13,17H,2,9H2,1H3,(H,23,29)(H,25,28)(H,31,32,33);/q;+1/p-1. The number of allylic oxidation sites excluding steroid dienone is 1. The van der Waals surface area contributed by atoms with Crippen LogP contribution in [0.25, 0.3) is 0 Å². The molecule has 1 saturated heterocycles. The van der Waals surface area contributed by atoms with E-state index in [1.807, 2.05) is 6.92 Å². The zero-order valence-corrected chi connectivity index (χ0v) is 24.3. The Balaban J connectivity index is 0.00000361. The van der Waals surface area contributed by atoms with E-state index in [1.165, 1.54) is 6.08 Å². The third-order valence-electron chi connectivity index (χ3n) is 5.40. The molecule has 0 aromatic heterocycles. The normalized spacial score (nSPS) is 21.8. The van der Waals surface area contributed by atoms with Gasteiger partial charge < -0.3 is 15.2 Å². The van der Waals surface area contributed by atoms with Gasteiger partial charge in [-0.1, -0.05) is 37.3 Å². The van der Waals surface area contributed by atoms with Crippen LogP contribution in [0.3, 0.4) is 0 Å². The third kappa shape index (κ3) is 5.64. The molecule has 3 atom stereocenters. The van der Waals surface area contributed by atoms with Crippen molar-refractivity contribution in [1.29, 1.82) is 0 Å². The number of rotatable bonds is 7. The Bertz CT molecular complexity index is 1390. The molecule has 1 fully saturated rings. The molecule has 0 spiro atoms. The number of ketones is 1. The van der Waals surface area contributed by atoms with Crippen molar-refractivity contribution in [3.63, 3.8) is 0 Å². The first kappa shape index (κ1) is 28.6. The number of halogens is 1. The molecule has 0 radical (unpaired) electrons. The summed E-state index contributed by atoms with van der Waals surface area (Å²) in [5, 5.41) is 7.15. The molecule has 2 N–H and O–H groups in total. The number of nitrogens with zero attached hydrogens (tertiary/aromatic N) is 2. The number of nitrogens with one attached hydrogen (secondary N) is 2. The zero-order valence-electron chi connectivity index (χ0n) is 19.1. The first-order valence-electron chi connectivity index (χ1n) is 10.2. The zero-order chi connectivity index (χ0) is 25.5. The Hall–Kier alpha value is -1.94. The largest absolute Gasteiger partial charge is 1.00 e. The number of fused-ring (bicyclic) bond motifs is 1. The van der Waals surface area contributed by atoms with E-state index in [0.717, 1.165) is 0 Å². The second-order valence-corrected chi connectivity index (χ2v) is 11.7. The molecule has 3 heterocycles. The van der Waals surface area contributed by atoms with Crippen LogP contribution in [-0.4, -0.2) is 69.5 Å². The van der Waals surface area contributed by atoms with Crippen LogP contribution in [-0.2, 0) is 29.5 Å². The molecule has 1 aromatic rings. The summed E-state index contributed by atoms with van der Waals surface area (Å²) in [6.07, 6.45) is 1.27. The third-order valence-corrected chi connectivity index (χ3v) is 8.61. The predicted octanol–water partition coefficient (Wildman–Crippen LogP) is -2.75. The van der Waals surface area contributed by atoms with Crippen LogP contribution < -0.4 is 40.2 Å². The van der Waals surface area contributed by atoms with Gasteiger partial charge >= 0.3 is 29.6 Å². The molecule has 4 rings (SSSR count). The topological polar surface area (TPSA) is 165 Å². The second-order valence-electron chi connectivity index (χ2n) is 7.58. The monoisotopic (exact) mass is 604 g/mol. The molecule has 36 heavy (non-hydrogen) atoms. The van der Waals surface area contributed by atoms with Crippen molar-refractivity contribution >= 4 is 70.6 Å². The van der Waals surface area contributed by atoms with Gasteiger partial charge in [0.1, 0.15) is 21.7 Å². The van der Waals surface area contributed by atoms with Gasteiger partial charge in [-0.25, -0.2) is 17.7 Å². The van der Waals surface area contributed by atoms with E-state index in [1.54, 1.807) is 35.7 Å². The Kier molecular flexibility index (Phi) is 8.91. The van der Waals surface area contributed by atoms with Crippen LogP contribution in [0.4, 0.5) is 0 Å². The SMILES string of the molecule is CCS1=CC(C(=O)NC(C(=O)NC2CN(S(=O)(=O)[O-])C2=O)c2ccccc2)=C2C(=O)C=C(Br)N=C21.[Na+]. The smallest absolute Gasteiger partial charge is 0.731 e. The molecular weight excluding hydrogens is 587 g/mol. The minimum atomic E-state index is -4.96. The summed E-state index contributed by atoms with van der Waals surface area (Å²) in [6, 6.07) is 5.71. The number of aliphatic imine (C=N–C) groups is 1. The van der Waals surface area contributed by atoms with Gasteiger partial charge in [-0.15, -0.1) is 10.5 Å². The fourth-order valence-electron chi connectivity index (χ4n) is 3.67. The van der Waals surface area contributed by atoms with Crippen molar-refractivity contribution in [3.05, 3.63) is 57.7 Å². The minimum Gasteiger partial charge on any atom is -0.731 e. The van der Waals surface area contributed by atoms with Crippen LogP contribution >= 0.6 is 26.4 Å². The fourth-order valence-corrected chi connectivity index (χ4v) is 6.60. The first-order chi connectivity index (χ1) is 16.5. The van der Waals surface area contributed by atoms with Gasteiger partial charge in [0.15, 0.2) is 16.1 Å². The Morgan fingerprint density at radius 1 is 1.28 bits per heavy atom. The molecule has 3 amide bonds. The quantitative estimate of drug-likeness (QED) is 0.112. The van der Waals surface area contributed by atoms with E-state index < -0.39 is 57.1 Å². The molecular formula is C21H18BrN4NaO7S2. The van der Waals surface area contributed by atoms with E-state index in [-0.39, 0.29) is 50.8 Å². The number of hydrogen-bond donors (Lipinski definition) is 2. The molecule has 0 saturated carbocycles. The van der Waals surface area contributed by atoms with Crippen LogP contribution in [0.15, 0.2) is 57.2 Å². The molecule has 0 aliphatic carbocycles. The van der Waals surface area contributed by atoms with Crippen molar-refractivity contribution in [2.75, 3.05) is 12.3 Å². The molecule has 11 nitrogen and oxygen atoms in total. The fraction of sp³-hybridized carbons (Fsp3) is 0.238. The molecule has 1 aromatic carbocycles. The van der Waals surface area contributed by atoms with Gasteiger partial charge in [-0.05, 0) is 32.6 Å². The Labute approximate surface area is 239 Å². The Morgan fingerprint density at radius 3 is 2.53 bits per heavy atom. The van der Waals surface area contributed by atoms with Crippen LogP contribution in [0.2, 0.25) is 0 Å². The number of carbonyl (C=O) groups excluding carboxylic acids is 4. The van der Waals surface area contributed by atoms with E-state index >= 15 is 0 Å². The van der Waals surface area contributed by atoms with Gasteiger partial charge in [0.05, 0.1) is 17.7 Å². The maximum atomic E-state index is 13.3. The summed E-state index contributed by atoms with van der Waals surface area (Å²) in [6.45, 7) is 1.41. The predicted molar refractivity (Wildman–Crippen MR) is 131 cm³/mol. The van der Waals surface area contributed by atoms with Crippen molar-refractivity contribution in [1.82, 2.24) is 14.9 Å². The van der Waals surface area contributed by atoms with E-state index in [2.05, 4.69) is 31.6 Å². The summed E-state index contributed by atoms with van der Waals surface area (Å²) in [5.41, 5.74) is 0.670. The van der Waals surface area contributed by atoms with E-state index in [9.17, 15) is 32.1 Å². The number of hydrogen-bond acceptors (Lipinski definition) is 8. The van der Waals surface area contributed by atoms with Gasteiger partial charge in [-0.3, -0.25) is 19.2 Å². The van der Waals surface area contributed by atoms with Crippen molar-refractivity contribution in [3.8, 4) is 0 Å². The van der Waals surface area contributed by atoms with Gasteiger partial charge in [0, 0.05) is 6.08 Å². The van der Waals surface area contributed by atoms with Crippen LogP contribution in [0, 0.1) is 0 Å². The minimum absolute atomic E-state index is 0. The van der Waals surface area contributed by atoms with Gasteiger partial charge in [-0.2, -0.15) is 0 Å². The number of carbonyl (C=O) groups is 4. The molecule has 3 aliphatic heterocycles. The molecule has 3 unspecified atom stereocenters. The van der Waals surface area contributed by atoms with E-state index in [0.29, 0.717) is 21.0 Å². The summed E-state index contributed by atoms with van der Waals surface area (Å²) >= 11 is 3.20. The summed E-state index contributed by atoms with van der Waals surface area (Å²) in [7, 11) is -5.53. The molecule has 0 bridgehead atoms. The average molecular weight is 605 g/mol. The van der Waals surface area contributed by atoms with Crippen molar-refractivity contribution < 1.29 is 61.7 Å². The molecule has 3 aliphatic rings. The van der Waals surface area contributed by atoms with Crippen LogP contribution in [0.1, 0.15) is 18.5 Å². The Morgan fingerprint density at radius 2 is 1.94 bits per heavy atom. The molecule has 15 heteroatoms. The van der Waals surface area contributed by atoms with Gasteiger partial charge in [0.2, 0.25) is 5.91 Å². The van der Waals surface area contributed by atoms with Gasteiger partial charge in [0.25, 0.3) is 11.8 Å². The first-order valence-corrected chi connectivity index (χ1v) is 13.9. The number of benzene rings is 1. The number of β-lactam (4-membered cyclic amide) rings is 1. The molecule has 184 valence electrons. The maximum Gasteiger partial charge on any atom is 1.00 e. The summed E-state index contributed by atoms with van der Waals surface area (Å²) < 4.78 is 33.6. The maximum absolute atomic E-state index is 13.3. The number of amides is 3. The second kappa shape index (κ2) is 11.2. The summed E-state index contributed by atoms with van der Waals surface area (Å²) in [5.74, 6) is -2.28. The van der Waals surface area contributed by atoms with Crippen LogP contribution in [0.5, 0.6) is 0 Å². The summed E-state index contributed by atoms with van der Waals surface area (Å²) in [4.78, 5) is 55.4. The van der Waals surface area contributed by atoms with Crippen molar-refractivity contribution in [2.24, 2.45) is 4.99 Å². The van der Waals surface area contributed by atoms with E-state index in [4.69, 9.17) is 0 Å². The average Bonchev–Trinajstić information content (AvgIpc) is 3.18. The van der Waals surface area contributed by atoms with Crippen molar-refractivity contribution in [2.45, 2.75) is 19.0 Å².